The van der Waals surface area contributed by atoms with Crippen molar-refractivity contribution in [2.45, 2.75) is 57.1 Å². The maximum atomic E-state index is 11.9. The first kappa shape index (κ1) is 17.9. The number of nitrogens with one attached hydrogen (secondary N) is 1. The lowest BCUT2D eigenvalue weighted by Gasteiger charge is -2.21. The Morgan fingerprint density at radius 1 is 1.13 bits per heavy atom. The van der Waals surface area contributed by atoms with Gasteiger partial charge in [0.25, 0.3) is 0 Å². The molecule has 2 rings (SSSR count). The molecule has 0 atom stereocenters. The second-order valence-corrected chi connectivity index (χ2v) is 8.06. The van der Waals surface area contributed by atoms with Crippen molar-refractivity contribution < 1.29 is 13.2 Å². The van der Waals surface area contributed by atoms with E-state index < -0.39 is 10.0 Å². The lowest BCUT2D eigenvalue weighted by Crippen LogP contribution is -2.15. The van der Waals surface area contributed by atoms with Crippen molar-refractivity contribution in [3.63, 3.8) is 0 Å². The number of benzene rings is 1. The minimum Gasteiger partial charge on any atom is -0.326 e. The molecule has 0 spiro atoms. The molecule has 6 heteroatoms. The summed E-state index contributed by atoms with van der Waals surface area (Å²) < 4.78 is 22.0. The molecule has 0 saturated heterocycles. The van der Waals surface area contributed by atoms with Gasteiger partial charge >= 0.3 is 0 Å². The molecule has 5 nitrogen and oxygen atoms in total. The highest BCUT2D eigenvalue weighted by Crippen LogP contribution is 2.27. The molecule has 0 unspecified atom stereocenters. The molecular formula is C17H26N2O3S. The summed E-state index contributed by atoms with van der Waals surface area (Å²) in [6.45, 7) is 0. The first-order valence-electron chi connectivity index (χ1n) is 8.32. The number of sulfonamides is 1. The maximum absolute atomic E-state index is 11.9. The van der Waals surface area contributed by atoms with Crippen LogP contribution in [0.2, 0.25) is 0 Å². The van der Waals surface area contributed by atoms with Gasteiger partial charge in [-0.15, -0.1) is 0 Å². The fourth-order valence-electron chi connectivity index (χ4n) is 3.17. The highest BCUT2D eigenvalue weighted by Gasteiger charge is 2.13. The monoisotopic (exact) mass is 338 g/mol. The number of carbonyl (C=O) groups is 1. The zero-order valence-corrected chi connectivity index (χ0v) is 14.3. The van der Waals surface area contributed by atoms with Gasteiger partial charge in [0.1, 0.15) is 0 Å². The van der Waals surface area contributed by atoms with Gasteiger partial charge in [0.15, 0.2) is 0 Å². The van der Waals surface area contributed by atoms with Crippen molar-refractivity contribution >= 4 is 21.6 Å². The van der Waals surface area contributed by atoms with Crippen LogP contribution >= 0.6 is 0 Å². The van der Waals surface area contributed by atoms with E-state index in [0.717, 1.165) is 18.8 Å². The third-order valence-electron chi connectivity index (χ3n) is 4.35. The zero-order chi connectivity index (χ0) is 16.7. The van der Waals surface area contributed by atoms with Crippen molar-refractivity contribution in [2.75, 3.05) is 5.32 Å². The Labute approximate surface area is 138 Å². The summed E-state index contributed by atoms with van der Waals surface area (Å²) in [6, 6.07) is 6.75. The molecule has 0 aliphatic heterocycles. The largest absolute Gasteiger partial charge is 0.326 e. The van der Waals surface area contributed by atoms with E-state index in [9.17, 15) is 13.2 Å². The molecule has 1 saturated carbocycles. The van der Waals surface area contributed by atoms with E-state index in [1.807, 2.05) is 0 Å². The normalized spacial score (nSPS) is 16.2. The third-order valence-corrected chi connectivity index (χ3v) is 5.08. The quantitative estimate of drug-likeness (QED) is 0.800. The first-order chi connectivity index (χ1) is 10.9. The van der Waals surface area contributed by atoms with Crippen LogP contribution in [0.1, 0.15) is 56.9 Å². The highest BCUT2D eigenvalue weighted by atomic mass is 32.2. The number of primary sulfonamides is 1. The maximum Gasteiger partial charge on any atom is 0.224 e. The third kappa shape index (κ3) is 7.14. The van der Waals surface area contributed by atoms with Crippen LogP contribution in [0.3, 0.4) is 0 Å². The van der Waals surface area contributed by atoms with Crippen molar-refractivity contribution in [1.29, 1.82) is 0 Å². The summed E-state index contributed by atoms with van der Waals surface area (Å²) in [4.78, 5) is 11.9. The second-order valence-electron chi connectivity index (χ2n) is 6.45. The minimum atomic E-state index is -3.52. The average Bonchev–Trinajstić information content (AvgIpc) is 2.49. The van der Waals surface area contributed by atoms with E-state index >= 15 is 0 Å². The van der Waals surface area contributed by atoms with Gasteiger partial charge < -0.3 is 5.32 Å². The van der Waals surface area contributed by atoms with Crippen LogP contribution in [0.25, 0.3) is 0 Å². The van der Waals surface area contributed by atoms with Gasteiger partial charge in [0.05, 0.1) is 5.75 Å². The number of amides is 1. The molecule has 1 aliphatic rings. The lowest BCUT2D eigenvalue weighted by atomic mass is 9.86. The van der Waals surface area contributed by atoms with Gasteiger partial charge in [-0.2, -0.15) is 0 Å². The van der Waals surface area contributed by atoms with Crippen molar-refractivity contribution in [3.8, 4) is 0 Å². The van der Waals surface area contributed by atoms with Crippen LogP contribution in [0.15, 0.2) is 24.3 Å². The Hall–Kier alpha value is -1.40. The highest BCUT2D eigenvalue weighted by molar-refractivity contribution is 7.88. The summed E-state index contributed by atoms with van der Waals surface area (Å²) in [5.41, 5.74) is 1.30. The summed E-state index contributed by atoms with van der Waals surface area (Å²) in [6.07, 6.45) is 9.26. The average molecular weight is 338 g/mol. The minimum absolute atomic E-state index is 0.0139. The summed E-state index contributed by atoms with van der Waals surface area (Å²) in [5, 5.41) is 7.86. The Kier molecular flexibility index (Phi) is 6.59. The van der Waals surface area contributed by atoms with E-state index in [4.69, 9.17) is 5.14 Å². The van der Waals surface area contributed by atoms with Gasteiger partial charge in [-0.3, -0.25) is 4.79 Å². The molecule has 1 aromatic carbocycles. The Morgan fingerprint density at radius 3 is 2.39 bits per heavy atom. The Morgan fingerprint density at radius 2 is 1.78 bits per heavy atom. The molecule has 3 N–H and O–H groups in total. The number of carbonyl (C=O) groups excluding carboxylic acids is 1. The van der Waals surface area contributed by atoms with Crippen LogP contribution in [0.4, 0.5) is 5.69 Å². The molecule has 1 fully saturated rings. The molecular weight excluding hydrogens is 312 g/mol. The standard InChI is InChI=1S/C17H26N2O3S/c18-23(21,22)13-15-9-11-16(12-10-15)19-17(20)8-4-7-14-5-2-1-3-6-14/h9-12,14H,1-8,13H2,(H,19,20)(H2,18,21,22). The fraction of sp³-hybridized carbons (Fsp3) is 0.588. The molecule has 23 heavy (non-hydrogen) atoms. The SMILES string of the molecule is NS(=O)(=O)Cc1ccc(NC(=O)CCCC2CCCCC2)cc1. The molecule has 0 aromatic heterocycles. The number of nitrogens with two attached hydrogens (primary N) is 1. The van der Waals surface area contributed by atoms with Gasteiger partial charge in [-0.25, -0.2) is 13.6 Å². The predicted molar refractivity (Wildman–Crippen MR) is 92.3 cm³/mol. The van der Waals surface area contributed by atoms with Crippen LogP contribution in [0.5, 0.6) is 0 Å². The van der Waals surface area contributed by atoms with E-state index in [1.54, 1.807) is 24.3 Å². The van der Waals surface area contributed by atoms with E-state index in [0.29, 0.717) is 17.7 Å². The molecule has 1 aromatic rings. The molecule has 1 amide bonds. The van der Waals surface area contributed by atoms with Gasteiger partial charge in [-0.1, -0.05) is 44.2 Å². The van der Waals surface area contributed by atoms with Crippen molar-refractivity contribution in [2.24, 2.45) is 11.1 Å². The summed E-state index contributed by atoms with van der Waals surface area (Å²) in [5.74, 6) is 0.622. The molecule has 0 radical (unpaired) electrons. The van der Waals surface area contributed by atoms with Crippen LogP contribution in [-0.4, -0.2) is 14.3 Å². The van der Waals surface area contributed by atoms with E-state index in [1.165, 1.54) is 32.1 Å². The molecule has 128 valence electrons. The molecule has 0 heterocycles. The van der Waals surface area contributed by atoms with Gasteiger partial charge in [-0.05, 0) is 36.5 Å². The lowest BCUT2D eigenvalue weighted by molar-refractivity contribution is -0.116. The van der Waals surface area contributed by atoms with Crippen LogP contribution in [-0.2, 0) is 20.6 Å². The summed E-state index contributed by atoms with van der Waals surface area (Å²) >= 11 is 0. The fourth-order valence-corrected chi connectivity index (χ4v) is 3.82. The summed E-state index contributed by atoms with van der Waals surface area (Å²) in [7, 11) is -3.52. The number of hydrogen-bond acceptors (Lipinski definition) is 3. The van der Waals surface area contributed by atoms with Gasteiger partial charge in [0.2, 0.25) is 15.9 Å². The number of hydrogen-bond donors (Lipinski definition) is 2. The smallest absolute Gasteiger partial charge is 0.224 e. The Balaban J connectivity index is 1.72. The van der Waals surface area contributed by atoms with E-state index in [-0.39, 0.29) is 11.7 Å². The van der Waals surface area contributed by atoms with Crippen LogP contribution < -0.4 is 10.5 Å². The van der Waals surface area contributed by atoms with E-state index in [2.05, 4.69) is 5.32 Å². The van der Waals surface area contributed by atoms with Crippen molar-refractivity contribution in [3.05, 3.63) is 29.8 Å². The predicted octanol–water partition coefficient (Wildman–Crippen LogP) is 3.16. The zero-order valence-electron chi connectivity index (χ0n) is 13.5. The van der Waals surface area contributed by atoms with Crippen molar-refractivity contribution in [1.82, 2.24) is 0 Å². The topological polar surface area (TPSA) is 89.3 Å². The molecule has 1 aliphatic carbocycles. The number of anilines is 1. The number of rotatable bonds is 7. The van der Waals surface area contributed by atoms with Gasteiger partial charge in [0, 0.05) is 12.1 Å². The molecule has 0 bridgehead atoms. The Bertz CT molecular complexity index is 605. The first-order valence-corrected chi connectivity index (χ1v) is 10.0. The van der Waals surface area contributed by atoms with Crippen LogP contribution in [0, 0.1) is 5.92 Å². The second kappa shape index (κ2) is 8.45.